The van der Waals surface area contributed by atoms with E-state index in [0.717, 1.165) is 30.3 Å². The molecule has 0 aliphatic carbocycles. The summed E-state index contributed by atoms with van der Waals surface area (Å²) in [5, 5.41) is 11.5. The minimum Gasteiger partial charge on any atom is -0.307 e. The lowest BCUT2D eigenvalue weighted by molar-refractivity contribution is -0.137. The predicted octanol–water partition coefficient (Wildman–Crippen LogP) is 6.06. The number of benzene rings is 2. The zero-order valence-electron chi connectivity index (χ0n) is 18.8. The number of aliphatic imine (C=N–C) groups is 1. The van der Waals surface area contributed by atoms with Crippen LogP contribution in [0.1, 0.15) is 48.0 Å². The molecule has 12 heteroatoms. The Hall–Kier alpha value is -3.47. The van der Waals surface area contributed by atoms with E-state index in [1.807, 2.05) is 0 Å². The third kappa shape index (κ3) is 6.56. The van der Waals surface area contributed by atoms with Gasteiger partial charge < -0.3 is 5.32 Å². The summed E-state index contributed by atoms with van der Waals surface area (Å²) >= 11 is 6.02. The molecule has 35 heavy (non-hydrogen) atoms. The third-order valence-corrected chi connectivity index (χ3v) is 5.17. The van der Waals surface area contributed by atoms with Crippen molar-refractivity contribution >= 4 is 29.3 Å². The predicted molar refractivity (Wildman–Crippen MR) is 122 cm³/mol. The number of aromatic nitrogens is 2. The average Bonchev–Trinajstić information content (AvgIpc) is 3.13. The van der Waals surface area contributed by atoms with Gasteiger partial charge in [-0.05, 0) is 42.0 Å². The molecule has 0 radical (unpaired) electrons. The molecular formula is C23H21ClF5N5O. The lowest BCUT2D eigenvalue weighted by Crippen LogP contribution is -2.36. The Morgan fingerprint density at radius 2 is 1.74 bits per heavy atom. The van der Waals surface area contributed by atoms with Gasteiger partial charge in [-0.25, -0.2) is 13.8 Å². The van der Waals surface area contributed by atoms with Gasteiger partial charge in [-0.1, -0.05) is 38.4 Å². The van der Waals surface area contributed by atoms with Gasteiger partial charge >= 0.3 is 6.18 Å². The number of hydrogen-bond donors (Lipinski definition) is 3. The molecule has 0 atom stereocenters. The van der Waals surface area contributed by atoms with Gasteiger partial charge in [0.1, 0.15) is 5.82 Å². The fraction of sp³-hybridized carbons (Fsp3) is 0.261. The van der Waals surface area contributed by atoms with Crippen molar-refractivity contribution in [1.29, 1.82) is 0 Å². The van der Waals surface area contributed by atoms with Crippen LogP contribution in [0.25, 0.3) is 0 Å². The first-order chi connectivity index (χ1) is 16.3. The molecule has 2 aromatic carbocycles. The molecule has 186 valence electrons. The van der Waals surface area contributed by atoms with E-state index in [0.29, 0.717) is 5.56 Å². The van der Waals surface area contributed by atoms with Crippen molar-refractivity contribution in [2.75, 3.05) is 5.32 Å². The van der Waals surface area contributed by atoms with Gasteiger partial charge in [-0.2, -0.15) is 18.3 Å². The van der Waals surface area contributed by atoms with Gasteiger partial charge in [0.15, 0.2) is 11.6 Å². The molecule has 3 N–H and O–H groups in total. The van der Waals surface area contributed by atoms with Gasteiger partial charge in [0.2, 0.25) is 5.96 Å². The van der Waals surface area contributed by atoms with Crippen LogP contribution < -0.4 is 10.6 Å². The van der Waals surface area contributed by atoms with Crippen LogP contribution in [0.3, 0.4) is 0 Å². The lowest BCUT2D eigenvalue weighted by Gasteiger charge is -2.15. The molecule has 6 nitrogen and oxygen atoms in total. The monoisotopic (exact) mass is 513 g/mol. The minimum absolute atomic E-state index is 0.0862. The summed E-state index contributed by atoms with van der Waals surface area (Å²) in [4.78, 5) is 16.8. The summed E-state index contributed by atoms with van der Waals surface area (Å²) in [5.41, 5.74) is -0.992. The Morgan fingerprint density at radius 3 is 2.29 bits per heavy atom. The number of hydrogen-bond acceptors (Lipinski definition) is 3. The van der Waals surface area contributed by atoms with E-state index in [9.17, 15) is 26.7 Å². The second kappa shape index (κ2) is 10.0. The maximum absolute atomic E-state index is 14.9. The van der Waals surface area contributed by atoms with E-state index < -0.39 is 34.7 Å². The number of amides is 1. The number of nitrogens with one attached hydrogen (secondary N) is 3. The van der Waals surface area contributed by atoms with E-state index in [1.165, 1.54) is 12.1 Å². The smallest absolute Gasteiger partial charge is 0.307 e. The third-order valence-electron chi connectivity index (χ3n) is 4.82. The summed E-state index contributed by atoms with van der Waals surface area (Å²) < 4.78 is 66.6. The lowest BCUT2D eigenvalue weighted by atomic mass is 9.92. The highest BCUT2D eigenvalue weighted by atomic mass is 35.5. The fourth-order valence-electron chi connectivity index (χ4n) is 2.94. The Labute approximate surface area is 202 Å². The quantitative estimate of drug-likeness (QED) is 0.225. The zero-order valence-corrected chi connectivity index (χ0v) is 19.6. The highest BCUT2D eigenvalue weighted by Crippen LogP contribution is 2.29. The number of halogens is 6. The first-order valence-electron chi connectivity index (χ1n) is 10.2. The number of nitrogens with zero attached hydrogens (tertiary/aromatic N) is 2. The van der Waals surface area contributed by atoms with Gasteiger partial charge in [-0.3, -0.25) is 15.2 Å². The maximum atomic E-state index is 14.9. The van der Waals surface area contributed by atoms with Crippen LogP contribution in [0.15, 0.2) is 47.5 Å². The summed E-state index contributed by atoms with van der Waals surface area (Å²) in [6, 6.07) is 7.18. The van der Waals surface area contributed by atoms with E-state index >= 15 is 0 Å². The Kier molecular flexibility index (Phi) is 7.49. The number of anilines is 1. The Bertz CT molecular complexity index is 1250. The van der Waals surface area contributed by atoms with E-state index in [2.05, 4.69) is 25.8 Å². The standard InChI is InChI=1S/C23H21ClF5N5O/c1-22(2,3)18-17(26)19(34-33-18)31-21(30-11-13-6-9-15(25)10-16(13)24)32-20(35)12-4-7-14(8-5-12)23(27,28)29/h4-10H,11H2,1-3H3,(H3,30,31,32,33,34,35). The first-order valence-corrected chi connectivity index (χ1v) is 10.6. The molecule has 1 aromatic heterocycles. The Balaban J connectivity index is 1.88. The summed E-state index contributed by atoms with van der Waals surface area (Å²) in [5.74, 6) is -2.56. The van der Waals surface area contributed by atoms with Gasteiger partial charge in [-0.15, -0.1) is 0 Å². The molecule has 1 heterocycles. The number of carbonyl (C=O) groups is 1. The number of guanidine groups is 1. The number of carbonyl (C=O) groups excluding carboxylic acids is 1. The SMILES string of the molecule is CC(C)(C)c1[nH]nc(NC(=NCc2ccc(F)cc2Cl)NC(=O)c2ccc(C(F)(F)F)cc2)c1F. The molecular weight excluding hydrogens is 493 g/mol. The second-order valence-electron chi connectivity index (χ2n) is 8.57. The molecule has 1 amide bonds. The van der Waals surface area contributed by atoms with Crippen molar-refractivity contribution in [3.63, 3.8) is 0 Å². The van der Waals surface area contributed by atoms with Crippen molar-refractivity contribution < 1.29 is 26.7 Å². The van der Waals surface area contributed by atoms with Crippen LogP contribution in [-0.4, -0.2) is 22.1 Å². The molecule has 0 unspecified atom stereocenters. The van der Waals surface area contributed by atoms with E-state index in [4.69, 9.17) is 11.6 Å². The summed E-state index contributed by atoms with van der Waals surface area (Å²) in [6.45, 7) is 5.18. The summed E-state index contributed by atoms with van der Waals surface area (Å²) in [7, 11) is 0. The minimum atomic E-state index is -4.56. The molecule has 0 spiro atoms. The van der Waals surface area contributed by atoms with Crippen molar-refractivity contribution in [1.82, 2.24) is 15.5 Å². The topological polar surface area (TPSA) is 82.2 Å². The fourth-order valence-corrected chi connectivity index (χ4v) is 3.16. The first kappa shape index (κ1) is 26.1. The number of rotatable bonds is 4. The highest BCUT2D eigenvalue weighted by molar-refractivity contribution is 6.31. The van der Waals surface area contributed by atoms with E-state index in [1.54, 1.807) is 20.8 Å². The van der Waals surface area contributed by atoms with Crippen molar-refractivity contribution in [2.45, 2.75) is 38.9 Å². The van der Waals surface area contributed by atoms with Crippen LogP contribution in [0.2, 0.25) is 5.02 Å². The molecule has 0 saturated heterocycles. The van der Waals surface area contributed by atoms with Crippen molar-refractivity contribution in [2.24, 2.45) is 4.99 Å². The van der Waals surface area contributed by atoms with Crippen LogP contribution >= 0.6 is 11.6 Å². The van der Waals surface area contributed by atoms with E-state index in [-0.39, 0.29) is 34.6 Å². The van der Waals surface area contributed by atoms with Crippen LogP contribution in [0.5, 0.6) is 0 Å². The van der Waals surface area contributed by atoms with Gasteiger partial charge in [0.05, 0.1) is 17.8 Å². The molecule has 0 saturated carbocycles. The molecule has 0 fully saturated rings. The second-order valence-corrected chi connectivity index (χ2v) is 8.97. The Morgan fingerprint density at radius 1 is 1.09 bits per heavy atom. The van der Waals surface area contributed by atoms with Crippen molar-refractivity contribution in [3.05, 3.63) is 81.5 Å². The van der Waals surface area contributed by atoms with Crippen LogP contribution in [0.4, 0.5) is 27.8 Å². The van der Waals surface area contributed by atoms with Crippen LogP contribution in [-0.2, 0) is 18.1 Å². The van der Waals surface area contributed by atoms with Gasteiger partial charge in [0, 0.05) is 16.0 Å². The highest BCUT2D eigenvalue weighted by Gasteiger charge is 2.30. The summed E-state index contributed by atoms with van der Waals surface area (Å²) in [6.07, 6.45) is -4.56. The zero-order chi connectivity index (χ0) is 26.0. The molecule has 3 aromatic rings. The molecule has 0 aliphatic rings. The number of H-pyrrole nitrogens is 1. The number of alkyl halides is 3. The molecule has 0 aliphatic heterocycles. The average molecular weight is 514 g/mol. The molecule has 3 rings (SSSR count). The number of aromatic amines is 1. The van der Waals surface area contributed by atoms with Crippen molar-refractivity contribution in [3.8, 4) is 0 Å². The normalized spacial score (nSPS) is 12.5. The largest absolute Gasteiger partial charge is 0.416 e. The maximum Gasteiger partial charge on any atom is 0.416 e. The van der Waals surface area contributed by atoms with Crippen LogP contribution in [0, 0.1) is 11.6 Å². The molecule has 0 bridgehead atoms. The van der Waals surface area contributed by atoms with Gasteiger partial charge in [0.25, 0.3) is 5.91 Å².